The smallest absolute Gasteiger partial charge is 0.240 e. The van der Waals surface area contributed by atoms with Crippen LogP contribution in [0.5, 0.6) is 0 Å². The van der Waals surface area contributed by atoms with Crippen LogP contribution in [0.4, 0.5) is 5.69 Å². The van der Waals surface area contributed by atoms with E-state index in [-0.39, 0.29) is 12.5 Å². The van der Waals surface area contributed by atoms with Gasteiger partial charge in [0, 0.05) is 16.3 Å². The molecule has 0 bridgehead atoms. The lowest BCUT2D eigenvalue weighted by atomic mass is 9.84. The van der Waals surface area contributed by atoms with Gasteiger partial charge in [-0.15, -0.1) is 11.3 Å². The number of carbonyl (C=O) groups excluding carboxylic acids is 1. The Bertz CT molecular complexity index is 895. The van der Waals surface area contributed by atoms with E-state index in [1.54, 1.807) is 0 Å². The number of nitriles is 1. The number of amides is 1. The van der Waals surface area contributed by atoms with Gasteiger partial charge in [-0.05, 0) is 49.4 Å². The van der Waals surface area contributed by atoms with Gasteiger partial charge < -0.3 is 21.1 Å². The molecule has 1 aliphatic heterocycles. The van der Waals surface area contributed by atoms with Gasteiger partial charge in [-0.3, -0.25) is 4.79 Å². The van der Waals surface area contributed by atoms with Crippen LogP contribution in [-0.2, 0) is 10.4 Å². The molecule has 1 amide bonds. The second kappa shape index (κ2) is 9.61. The molecule has 1 aromatic carbocycles. The van der Waals surface area contributed by atoms with E-state index >= 15 is 0 Å². The van der Waals surface area contributed by atoms with Gasteiger partial charge in [0.25, 0.3) is 0 Å². The Balaban J connectivity index is 1.92. The number of anilines is 1. The number of aliphatic hydroxyl groups is 1. The fraction of sp³-hybridized carbons (Fsp3) is 0.478. The Kier molecular flexibility index (Phi) is 7.14. The predicted molar refractivity (Wildman–Crippen MR) is 121 cm³/mol. The third kappa shape index (κ3) is 4.84. The van der Waals surface area contributed by atoms with Crippen molar-refractivity contribution in [3.63, 3.8) is 0 Å². The van der Waals surface area contributed by atoms with Crippen LogP contribution in [0.25, 0.3) is 11.1 Å². The van der Waals surface area contributed by atoms with E-state index in [0.717, 1.165) is 35.5 Å². The van der Waals surface area contributed by atoms with Gasteiger partial charge in [-0.2, -0.15) is 5.26 Å². The molecule has 0 unspecified atom stereocenters. The van der Waals surface area contributed by atoms with Gasteiger partial charge in [-0.25, -0.2) is 0 Å². The second-order valence-corrected chi connectivity index (χ2v) is 9.11. The minimum Gasteiger partial charge on any atom is -0.385 e. The fourth-order valence-electron chi connectivity index (χ4n) is 4.10. The molecule has 1 saturated heterocycles. The summed E-state index contributed by atoms with van der Waals surface area (Å²) in [6.07, 6.45) is 1.98. The molecule has 0 saturated carbocycles. The Hall–Kier alpha value is -2.40. The van der Waals surface area contributed by atoms with Gasteiger partial charge in [0.1, 0.15) is 12.6 Å². The number of carbonyl (C=O) groups is 1. The van der Waals surface area contributed by atoms with E-state index in [2.05, 4.69) is 11.4 Å². The highest BCUT2D eigenvalue weighted by atomic mass is 32.1. The maximum Gasteiger partial charge on any atom is 0.240 e. The zero-order chi connectivity index (χ0) is 21.7. The van der Waals surface area contributed by atoms with Crippen molar-refractivity contribution in [2.45, 2.75) is 44.8 Å². The number of hydrogen-bond donors (Lipinski definition) is 3. The summed E-state index contributed by atoms with van der Waals surface area (Å²) in [6.45, 7) is 5.79. The van der Waals surface area contributed by atoms with Crippen molar-refractivity contribution >= 4 is 22.9 Å². The molecule has 160 valence electrons. The number of nitrogens with one attached hydrogen (secondary N) is 1. The average molecular weight is 427 g/mol. The number of hydrogen-bond acceptors (Lipinski definition) is 6. The summed E-state index contributed by atoms with van der Waals surface area (Å²) in [5.74, 6) is -0.143. The molecule has 6 nitrogen and oxygen atoms in total. The molecule has 1 atom stereocenters. The van der Waals surface area contributed by atoms with Crippen LogP contribution >= 0.6 is 11.3 Å². The SMILES string of the molecule is CC(C)C[C@@H](C(N)=O)N(CC#N)c1cscc1-c1ccc(C2(O)CCNCC2)cc1. The first-order valence-corrected chi connectivity index (χ1v) is 11.3. The number of piperidine rings is 1. The predicted octanol–water partition coefficient (Wildman–Crippen LogP) is 3.22. The Labute approximate surface area is 182 Å². The molecule has 0 spiro atoms. The van der Waals surface area contributed by atoms with Crippen molar-refractivity contribution in [1.82, 2.24) is 5.32 Å². The van der Waals surface area contributed by atoms with Gasteiger partial charge in [0.05, 0.1) is 17.4 Å². The first-order valence-electron chi connectivity index (χ1n) is 10.4. The number of nitrogens with zero attached hydrogens (tertiary/aromatic N) is 2. The highest BCUT2D eigenvalue weighted by Gasteiger charge is 2.31. The van der Waals surface area contributed by atoms with Gasteiger partial charge in [0.2, 0.25) is 5.91 Å². The highest BCUT2D eigenvalue weighted by molar-refractivity contribution is 7.08. The fourth-order valence-corrected chi connectivity index (χ4v) is 4.95. The summed E-state index contributed by atoms with van der Waals surface area (Å²) < 4.78 is 0. The third-order valence-corrected chi connectivity index (χ3v) is 6.49. The molecule has 1 aliphatic rings. The number of primary amides is 1. The van der Waals surface area contributed by atoms with Crippen molar-refractivity contribution in [2.24, 2.45) is 11.7 Å². The number of rotatable bonds is 8. The molecule has 7 heteroatoms. The molecular weight excluding hydrogens is 396 g/mol. The average Bonchev–Trinajstić information content (AvgIpc) is 3.20. The summed E-state index contributed by atoms with van der Waals surface area (Å²) in [5.41, 5.74) is 8.65. The minimum atomic E-state index is -0.789. The normalized spacial score (nSPS) is 16.8. The number of thiophene rings is 1. The van der Waals surface area contributed by atoms with Crippen molar-refractivity contribution in [2.75, 3.05) is 24.5 Å². The highest BCUT2D eigenvalue weighted by Crippen LogP contribution is 2.38. The first-order chi connectivity index (χ1) is 14.4. The Morgan fingerprint density at radius 1 is 1.30 bits per heavy atom. The van der Waals surface area contributed by atoms with Crippen LogP contribution in [0.2, 0.25) is 0 Å². The molecule has 30 heavy (non-hydrogen) atoms. The topological polar surface area (TPSA) is 102 Å². The van der Waals surface area contributed by atoms with E-state index in [1.165, 1.54) is 11.3 Å². The molecule has 3 rings (SSSR count). The largest absolute Gasteiger partial charge is 0.385 e. The Morgan fingerprint density at radius 3 is 2.53 bits per heavy atom. The van der Waals surface area contributed by atoms with E-state index in [0.29, 0.717) is 19.3 Å². The maximum absolute atomic E-state index is 12.2. The van der Waals surface area contributed by atoms with Crippen LogP contribution in [0, 0.1) is 17.2 Å². The lowest BCUT2D eigenvalue weighted by Gasteiger charge is -2.33. The third-order valence-electron chi connectivity index (χ3n) is 5.76. The summed E-state index contributed by atoms with van der Waals surface area (Å²) in [6, 6.07) is 9.63. The summed E-state index contributed by atoms with van der Waals surface area (Å²) in [5, 5.41) is 27.6. The van der Waals surface area contributed by atoms with Crippen LogP contribution in [0.3, 0.4) is 0 Å². The molecule has 0 radical (unpaired) electrons. The van der Waals surface area contributed by atoms with Crippen LogP contribution in [0.15, 0.2) is 35.0 Å². The van der Waals surface area contributed by atoms with Crippen LogP contribution in [-0.4, -0.2) is 36.7 Å². The molecular formula is C23H30N4O2S. The molecule has 1 aromatic heterocycles. The van der Waals surface area contributed by atoms with E-state index in [1.807, 2.05) is 53.8 Å². The Morgan fingerprint density at radius 2 is 1.97 bits per heavy atom. The quantitative estimate of drug-likeness (QED) is 0.563. The molecule has 2 heterocycles. The molecule has 2 aromatic rings. The maximum atomic E-state index is 12.2. The van der Waals surface area contributed by atoms with E-state index < -0.39 is 17.6 Å². The number of benzene rings is 1. The van der Waals surface area contributed by atoms with Gasteiger partial charge >= 0.3 is 0 Å². The molecule has 4 N–H and O–H groups in total. The monoisotopic (exact) mass is 426 g/mol. The first kappa shape index (κ1) is 22.3. The summed E-state index contributed by atoms with van der Waals surface area (Å²) >= 11 is 1.53. The zero-order valence-electron chi connectivity index (χ0n) is 17.6. The summed E-state index contributed by atoms with van der Waals surface area (Å²) in [4.78, 5) is 14.0. The van der Waals surface area contributed by atoms with Gasteiger partial charge in [-0.1, -0.05) is 38.1 Å². The zero-order valence-corrected chi connectivity index (χ0v) is 18.4. The summed E-state index contributed by atoms with van der Waals surface area (Å²) in [7, 11) is 0. The molecule has 1 fully saturated rings. The van der Waals surface area contributed by atoms with Crippen LogP contribution < -0.4 is 16.0 Å². The van der Waals surface area contributed by atoms with Crippen molar-refractivity contribution < 1.29 is 9.90 Å². The van der Waals surface area contributed by atoms with Crippen molar-refractivity contribution in [3.05, 3.63) is 40.6 Å². The lowest BCUT2D eigenvalue weighted by molar-refractivity contribution is -0.119. The lowest BCUT2D eigenvalue weighted by Crippen LogP contribution is -2.46. The van der Waals surface area contributed by atoms with Crippen molar-refractivity contribution in [3.8, 4) is 17.2 Å². The van der Waals surface area contributed by atoms with Gasteiger partial charge in [0.15, 0.2) is 0 Å². The van der Waals surface area contributed by atoms with Crippen LogP contribution in [0.1, 0.15) is 38.7 Å². The van der Waals surface area contributed by atoms with Crippen molar-refractivity contribution in [1.29, 1.82) is 5.26 Å². The second-order valence-electron chi connectivity index (χ2n) is 8.36. The minimum absolute atomic E-state index is 0.0922. The molecule has 0 aliphatic carbocycles. The standard InChI is InChI=1S/C23H30N4O2S/c1-16(2)13-20(22(25)28)27(12-9-24)21-15-30-14-19(21)17-3-5-18(6-4-17)23(29)7-10-26-11-8-23/h3-6,14-16,20,26,29H,7-8,10-13H2,1-2H3,(H2,25,28)/t20-/m0/s1. The number of nitrogens with two attached hydrogens (primary N) is 1. The van der Waals surface area contributed by atoms with E-state index in [4.69, 9.17) is 5.73 Å². The van der Waals surface area contributed by atoms with E-state index in [9.17, 15) is 15.2 Å².